The molecule has 0 aromatic rings. The quantitative estimate of drug-likeness (QED) is 0.686. The van der Waals surface area contributed by atoms with E-state index in [0.29, 0.717) is 19.3 Å². The summed E-state index contributed by atoms with van der Waals surface area (Å²) in [6.45, 7) is 4.15. The van der Waals surface area contributed by atoms with Crippen molar-refractivity contribution >= 4 is 5.97 Å². The van der Waals surface area contributed by atoms with Crippen LogP contribution in [0.5, 0.6) is 0 Å². The highest BCUT2D eigenvalue weighted by Crippen LogP contribution is 2.20. The van der Waals surface area contributed by atoms with E-state index in [9.17, 15) is 4.79 Å². The average Bonchev–Trinajstić information content (AvgIpc) is 3.20. The lowest BCUT2D eigenvalue weighted by Crippen LogP contribution is -2.44. The van der Waals surface area contributed by atoms with Gasteiger partial charge in [0.15, 0.2) is 0 Å². The Balaban J connectivity index is 1.74. The monoisotopic (exact) mass is 257 g/mol. The number of hydrogen-bond acceptors (Lipinski definition) is 5. The predicted octanol–water partition coefficient (Wildman–Crippen LogP) is 0.866. The van der Waals surface area contributed by atoms with Gasteiger partial charge in [0.05, 0.1) is 19.3 Å². The highest BCUT2D eigenvalue weighted by molar-refractivity contribution is 5.76. The molecule has 18 heavy (non-hydrogen) atoms. The van der Waals surface area contributed by atoms with Crippen LogP contribution in [0.2, 0.25) is 0 Å². The highest BCUT2D eigenvalue weighted by Gasteiger charge is 2.30. The molecule has 2 fully saturated rings. The molecule has 104 valence electrons. The second-order valence-electron chi connectivity index (χ2n) is 4.89. The maximum absolute atomic E-state index is 11.8. The number of ether oxygens (including phenoxy) is 3. The molecule has 1 aliphatic heterocycles. The van der Waals surface area contributed by atoms with Crippen molar-refractivity contribution in [2.24, 2.45) is 0 Å². The molecule has 2 rings (SSSR count). The van der Waals surface area contributed by atoms with Crippen LogP contribution in [0.15, 0.2) is 0 Å². The molecular weight excluding hydrogens is 234 g/mol. The first kappa shape index (κ1) is 13.8. The van der Waals surface area contributed by atoms with Crippen LogP contribution in [0.1, 0.15) is 32.6 Å². The number of nitrogens with one attached hydrogen (secondary N) is 1. The van der Waals surface area contributed by atoms with Gasteiger partial charge in [-0.1, -0.05) is 0 Å². The van der Waals surface area contributed by atoms with Crippen molar-refractivity contribution < 1.29 is 19.0 Å². The van der Waals surface area contributed by atoms with Gasteiger partial charge in [-0.25, -0.2) is 0 Å². The Kier molecular flexibility index (Phi) is 5.41. The summed E-state index contributed by atoms with van der Waals surface area (Å²) in [5, 5.41) is 3.28. The fourth-order valence-corrected chi connectivity index (χ4v) is 2.04. The van der Waals surface area contributed by atoms with E-state index in [1.807, 2.05) is 6.92 Å². The molecule has 0 bridgehead atoms. The minimum absolute atomic E-state index is 0.198. The van der Waals surface area contributed by atoms with Crippen molar-refractivity contribution in [1.29, 1.82) is 0 Å². The molecular formula is C13H23NO4. The molecule has 1 unspecified atom stereocenters. The Morgan fingerprint density at radius 1 is 1.33 bits per heavy atom. The number of carbonyl (C=O) groups is 1. The summed E-state index contributed by atoms with van der Waals surface area (Å²) >= 11 is 0. The molecule has 0 radical (unpaired) electrons. The van der Waals surface area contributed by atoms with Crippen molar-refractivity contribution in [2.75, 3.05) is 26.4 Å². The zero-order chi connectivity index (χ0) is 12.8. The van der Waals surface area contributed by atoms with Gasteiger partial charge in [-0.15, -0.1) is 0 Å². The normalized spacial score (nSPS) is 22.7. The van der Waals surface area contributed by atoms with Crippen LogP contribution >= 0.6 is 0 Å². The van der Waals surface area contributed by atoms with Crippen LogP contribution in [0.3, 0.4) is 0 Å². The molecule has 1 N–H and O–H groups in total. The number of carbonyl (C=O) groups excluding carboxylic acids is 1. The number of esters is 1. The summed E-state index contributed by atoms with van der Waals surface area (Å²) in [6.07, 6.45) is 4.34. The second kappa shape index (κ2) is 7.07. The van der Waals surface area contributed by atoms with Gasteiger partial charge in [0.2, 0.25) is 0 Å². The predicted molar refractivity (Wildman–Crippen MR) is 66.4 cm³/mol. The van der Waals surface area contributed by atoms with E-state index in [2.05, 4.69) is 5.32 Å². The third kappa shape index (κ3) is 4.55. The Morgan fingerprint density at radius 2 is 2.06 bits per heavy atom. The fraction of sp³-hybridized carbons (Fsp3) is 0.923. The van der Waals surface area contributed by atoms with Crippen molar-refractivity contribution in [3.8, 4) is 0 Å². The van der Waals surface area contributed by atoms with E-state index in [1.165, 1.54) is 0 Å². The van der Waals surface area contributed by atoms with Gasteiger partial charge >= 0.3 is 5.97 Å². The number of hydrogen-bond donors (Lipinski definition) is 1. The Labute approximate surface area is 108 Å². The van der Waals surface area contributed by atoms with Crippen molar-refractivity contribution in [3.05, 3.63) is 0 Å². The smallest absolute Gasteiger partial charge is 0.325 e. The van der Waals surface area contributed by atoms with Gasteiger partial charge in [0, 0.05) is 19.3 Å². The molecule has 0 aromatic carbocycles. The molecule has 1 heterocycles. The molecule has 0 spiro atoms. The molecule has 5 heteroatoms. The summed E-state index contributed by atoms with van der Waals surface area (Å²) in [4.78, 5) is 11.8. The zero-order valence-electron chi connectivity index (χ0n) is 11.0. The van der Waals surface area contributed by atoms with Crippen LogP contribution in [0.25, 0.3) is 0 Å². The first-order valence-corrected chi connectivity index (χ1v) is 6.91. The summed E-state index contributed by atoms with van der Waals surface area (Å²) in [5.41, 5.74) is 0. The maximum atomic E-state index is 11.8. The van der Waals surface area contributed by atoms with Gasteiger partial charge in [-0.2, -0.15) is 0 Å². The van der Waals surface area contributed by atoms with Gasteiger partial charge < -0.3 is 14.2 Å². The Bertz CT molecular complexity index is 262. The molecule has 0 aromatic heterocycles. The third-order valence-electron chi connectivity index (χ3n) is 3.25. The number of rotatable bonds is 7. The maximum Gasteiger partial charge on any atom is 0.325 e. The first-order valence-electron chi connectivity index (χ1n) is 6.91. The Morgan fingerprint density at radius 3 is 2.67 bits per heavy atom. The molecule has 1 atom stereocenters. The molecule has 1 aliphatic carbocycles. The van der Waals surface area contributed by atoms with Gasteiger partial charge in [-0.05, 0) is 32.6 Å². The van der Waals surface area contributed by atoms with Gasteiger partial charge in [0.1, 0.15) is 6.04 Å². The lowest BCUT2D eigenvalue weighted by molar-refractivity contribution is -0.148. The van der Waals surface area contributed by atoms with E-state index < -0.39 is 0 Å². The molecule has 5 nitrogen and oxygen atoms in total. The van der Waals surface area contributed by atoms with E-state index in [-0.39, 0.29) is 18.1 Å². The average molecular weight is 257 g/mol. The molecule has 2 aliphatic rings. The van der Waals surface area contributed by atoms with Gasteiger partial charge in [0.25, 0.3) is 0 Å². The van der Waals surface area contributed by atoms with Crippen molar-refractivity contribution in [2.45, 2.75) is 50.8 Å². The topological polar surface area (TPSA) is 56.8 Å². The molecule has 1 saturated heterocycles. The van der Waals surface area contributed by atoms with Gasteiger partial charge in [-0.3, -0.25) is 10.1 Å². The molecule has 1 saturated carbocycles. The van der Waals surface area contributed by atoms with E-state index in [1.54, 1.807) is 0 Å². The minimum atomic E-state index is -0.319. The zero-order valence-corrected chi connectivity index (χ0v) is 11.0. The van der Waals surface area contributed by atoms with E-state index >= 15 is 0 Å². The minimum Gasteiger partial charge on any atom is -0.465 e. The highest BCUT2D eigenvalue weighted by atomic mass is 16.5. The second-order valence-corrected chi connectivity index (χ2v) is 4.89. The lowest BCUT2D eigenvalue weighted by Gasteiger charge is -2.25. The largest absolute Gasteiger partial charge is 0.465 e. The summed E-state index contributed by atoms with van der Waals surface area (Å²) in [5.74, 6) is -0.198. The van der Waals surface area contributed by atoms with Crippen LogP contribution in [-0.4, -0.2) is 50.6 Å². The van der Waals surface area contributed by atoms with Crippen LogP contribution < -0.4 is 5.32 Å². The fourth-order valence-electron chi connectivity index (χ4n) is 2.04. The SMILES string of the molecule is CCOC(=O)C(COC1CCOCC1)NC1CC1. The first-order chi connectivity index (χ1) is 8.79. The summed E-state index contributed by atoms with van der Waals surface area (Å²) in [6, 6.07) is 0.151. The van der Waals surface area contributed by atoms with E-state index in [4.69, 9.17) is 14.2 Å². The third-order valence-corrected chi connectivity index (χ3v) is 3.25. The molecule has 0 amide bonds. The van der Waals surface area contributed by atoms with Crippen LogP contribution in [0, 0.1) is 0 Å². The van der Waals surface area contributed by atoms with Crippen LogP contribution in [-0.2, 0) is 19.0 Å². The van der Waals surface area contributed by atoms with Crippen molar-refractivity contribution in [3.63, 3.8) is 0 Å². The van der Waals surface area contributed by atoms with E-state index in [0.717, 1.165) is 38.9 Å². The summed E-state index contributed by atoms with van der Waals surface area (Å²) < 4.78 is 16.1. The van der Waals surface area contributed by atoms with Crippen molar-refractivity contribution in [1.82, 2.24) is 5.32 Å². The van der Waals surface area contributed by atoms with Crippen LogP contribution in [0.4, 0.5) is 0 Å². The standard InChI is InChI=1S/C13H23NO4/c1-2-17-13(15)12(14-10-3-4-10)9-18-11-5-7-16-8-6-11/h10-12,14H,2-9H2,1H3. The Hall–Kier alpha value is -0.650. The summed E-state index contributed by atoms with van der Waals surface area (Å²) in [7, 11) is 0. The lowest BCUT2D eigenvalue weighted by atomic mass is 10.1.